The molecule has 2 aromatic rings. The van der Waals surface area contributed by atoms with E-state index in [1.165, 1.54) is 0 Å². The van der Waals surface area contributed by atoms with Crippen molar-refractivity contribution in [2.75, 3.05) is 19.0 Å². The molecule has 0 amide bonds. The Bertz CT molecular complexity index is 791. The lowest BCUT2D eigenvalue weighted by molar-refractivity contribution is 0.0695. The molecule has 22 heavy (non-hydrogen) atoms. The number of aromatic amines is 1. The van der Waals surface area contributed by atoms with Gasteiger partial charge in [0, 0.05) is 19.8 Å². The Morgan fingerprint density at radius 2 is 1.55 bits per heavy atom. The number of aromatic carboxylic acids is 2. The maximum atomic E-state index is 11.8. The van der Waals surface area contributed by atoms with Gasteiger partial charge in [-0.15, -0.1) is 0 Å². The van der Waals surface area contributed by atoms with E-state index in [1.54, 1.807) is 24.3 Å². The molecule has 0 saturated heterocycles. The predicted octanol–water partition coefficient (Wildman–Crippen LogP) is 1.50. The lowest BCUT2D eigenvalue weighted by atomic mass is 10.0. The number of carboxylic acid groups (broad SMARTS) is 2. The maximum absolute atomic E-state index is 11.8. The molecule has 0 saturated carbocycles. The molecule has 1 heterocycles. The number of carboxylic acids is 2. The van der Waals surface area contributed by atoms with Gasteiger partial charge in [0.15, 0.2) is 0 Å². The fraction of sp³-hybridized carbons (Fsp3) is 0.133. The van der Waals surface area contributed by atoms with E-state index in [0.717, 1.165) is 11.8 Å². The molecule has 0 radical (unpaired) electrons. The summed E-state index contributed by atoms with van der Waals surface area (Å²) in [5.41, 5.74) is -0.250. The van der Waals surface area contributed by atoms with Gasteiger partial charge >= 0.3 is 11.9 Å². The van der Waals surface area contributed by atoms with Crippen LogP contribution in [0.1, 0.15) is 20.7 Å². The Kier molecular flexibility index (Phi) is 3.98. The summed E-state index contributed by atoms with van der Waals surface area (Å²) in [6.07, 6.45) is 0. The van der Waals surface area contributed by atoms with Crippen molar-refractivity contribution < 1.29 is 19.8 Å². The fourth-order valence-corrected chi connectivity index (χ4v) is 2.01. The van der Waals surface area contributed by atoms with Gasteiger partial charge in [-0.25, -0.2) is 9.59 Å². The second kappa shape index (κ2) is 5.72. The van der Waals surface area contributed by atoms with Gasteiger partial charge in [-0.2, -0.15) is 0 Å². The first-order valence-electron chi connectivity index (χ1n) is 6.33. The number of benzene rings is 1. The topological polar surface area (TPSA) is 111 Å². The molecule has 2 rings (SSSR count). The van der Waals surface area contributed by atoms with Crippen LogP contribution in [0, 0.1) is 0 Å². The zero-order chi connectivity index (χ0) is 16.4. The van der Waals surface area contributed by atoms with Gasteiger partial charge in [0.05, 0.1) is 11.3 Å². The molecule has 1 aromatic carbocycles. The number of hydrogen-bond acceptors (Lipinski definition) is 4. The van der Waals surface area contributed by atoms with Crippen LogP contribution in [0.15, 0.2) is 35.1 Å². The Morgan fingerprint density at radius 1 is 1.00 bits per heavy atom. The SMILES string of the molecule is CN(C)c1ccc(-c2[nH]c(=O)c(C(=O)O)cc2C(=O)O)cc1. The normalized spacial score (nSPS) is 10.3. The Morgan fingerprint density at radius 3 is 2.00 bits per heavy atom. The standard InChI is InChI=1S/C15H14N2O5/c1-17(2)9-5-3-8(4-6-9)12-10(14(19)20)7-11(15(21)22)13(18)16-12/h3-7H,1-2H3,(H,16,18)(H,19,20)(H,21,22). The summed E-state index contributed by atoms with van der Waals surface area (Å²) in [4.78, 5) is 38.3. The molecule has 0 unspecified atom stereocenters. The third kappa shape index (κ3) is 2.83. The van der Waals surface area contributed by atoms with E-state index >= 15 is 0 Å². The maximum Gasteiger partial charge on any atom is 0.341 e. The molecule has 114 valence electrons. The molecule has 0 aliphatic carbocycles. The Labute approximate surface area is 125 Å². The number of rotatable bonds is 4. The minimum absolute atomic E-state index is 0.0767. The highest BCUT2D eigenvalue weighted by atomic mass is 16.4. The van der Waals surface area contributed by atoms with Crippen LogP contribution in [0.2, 0.25) is 0 Å². The van der Waals surface area contributed by atoms with Gasteiger partial charge in [0.1, 0.15) is 5.56 Å². The highest BCUT2D eigenvalue weighted by Gasteiger charge is 2.19. The van der Waals surface area contributed by atoms with Crippen LogP contribution in [-0.2, 0) is 0 Å². The van der Waals surface area contributed by atoms with E-state index < -0.39 is 23.1 Å². The fourth-order valence-electron chi connectivity index (χ4n) is 2.01. The summed E-state index contributed by atoms with van der Waals surface area (Å²) in [5.74, 6) is -2.79. The number of hydrogen-bond donors (Lipinski definition) is 3. The summed E-state index contributed by atoms with van der Waals surface area (Å²) in [5, 5.41) is 18.2. The summed E-state index contributed by atoms with van der Waals surface area (Å²) in [6, 6.07) is 7.73. The van der Waals surface area contributed by atoms with Gasteiger partial charge < -0.3 is 20.1 Å². The monoisotopic (exact) mass is 302 g/mol. The quantitative estimate of drug-likeness (QED) is 0.789. The molecular weight excluding hydrogens is 288 g/mol. The van der Waals surface area contributed by atoms with Crippen molar-refractivity contribution in [1.29, 1.82) is 0 Å². The number of nitrogens with zero attached hydrogens (tertiary/aromatic N) is 1. The average Bonchev–Trinajstić information content (AvgIpc) is 2.46. The molecule has 0 fully saturated rings. The van der Waals surface area contributed by atoms with Gasteiger partial charge in [-0.3, -0.25) is 4.79 Å². The van der Waals surface area contributed by atoms with E-state index in [2.05, 4.69) is 4.98 Å². The third-order valence-corrected chi connectivity index (χ3v) is 3.17. The van der Waals surface area contributed by atoms with Crippen LogP contribution in [0.3, 0.4) is 0 Å². The first kappa shape index (κ1) is 15.3. The molecule has 0 atom stereocenters. The van der Waals surface area contributed by atoms with Gasteiger partial charge in [0.25, 0.3) is 5.56 Å². The van der Waals surface area contributed by atoms with Crippen molar-refractivity contribution in [1.82, 2.24) is 4.98 Å². The molecule has 3 N–H and O–H groups in total. The molecule has 0 aliphatic rings. The van der Waals surface area contributed by atoms with Crippen LogP contribution in [0.4, 0.5) is 5.69 Å². The molecule has 0 spiro atoms. The minimum Gasteiger partial charge on any atom is -0.478 e. The van der Waals surface area contributed by atoms with Crippen molar-refractivity contribution in [2.45, 2.75) is 0 Å². The second-order valence-electron chi connectivity index (χ2n) is 4.85. The van der Waals surface area contributed by atoms with Crippen molar-refractivity contribution in [3.05, 3.63) is 51.8 Å². The van der Waals surface area contributed by atoms with Gasteiger partial charge in [-0.1, -0.05) is 12.1 Å². The third-order valence-electron chi connectivity index (χ3n) is 3.17. The molecule has 0 aliphatic heterocycles. The molecule has 7 heteroatoms. The van der Waals surface area contributed by atoms with Crippen molar-refractivity contribution >= 4 is 17.6 Å². The smallest absolute Gasteiger partial charge is 0.341 e. The minimum atomic E-state index is -1.47. The number of pyridine rings is 1. The van der Waals surface area contributed by atoms with Crippen molar-refractivity contribution in [2.24, 2.45) is 0 Å². The first-order valence-corrected chi connectivity index (χ1v) is 6.33. The Hall–Kier alpha value is -3.09. The van der Waals surface area contributed by atoms with Crippen LogP contribution in [0.25, 0.3) is 11.3 Å². The lowest BCUT2D eigenvalue weighted by Crippen LogP contribution is -2.20. The molecule has 1 aromatic heterocycles. The number of H-pyrrole nitrogens is 1. The highest BCUT2D eigenvalue weighted by molar-refractivity contribution is 5.98. The summed E-state index contributed by atoms with van der Waals surface area (Å²) in [6.45, 7) is 0. The lowest BCUT2D eigenvalue weighted by Gasteiger charge is -2.13. The van der Waals surface area contributed by atoms with E-state index in [1.807, 2.05) is 19.0 Å². The zero-order valence-electron chi connectivity index (χ0n) is 12.0. The largest absolute Gasteiger partial charge is 0.478 e. The van der Waals surface area contributed by atoms with Gasteiger partial charge in [-0.05, 0) is 23.8 Å². The van der Waals surface area contributed by atoms with E-state index in [9.17, 15) is 19.5 Å². The number of nitrogens with one attached hydrogen (secondary N) is 1. The van der Waals surface area contributed by atoms with Crippen LogP contribution >= 0.6 is 0 Å². The van der Waals surface area contributed by atoms with Crippen LogP contribution in [-0.4, -0.2) is 41.2 Å². The van der Waals surface area contributed by atoms with E-state index in [4.69, 9.17) is 5.11 Å². The molecular formula is C15H14N2O5. The number of aromatic nitrogens is 1. The van der Waals surface area contributed by atoms with E-state index in [-0.39, 0.29) is 11.3 Å². The van der Waals surface area contributed by atoms with E-state index in [0.29, 0.717) is 5.56 Å². The first-order chi connectivity index (χ1) is 10.3. The number of carbonyl (C=O) groups is 2. The van der Waals surface area contributed by atoms with Crippen LogP contribution < -0.4 is 10.5 Å². The van der Waals surface area contributed by atoms with Crippen LogP contribution in [0.5, 0.6) is 0 Å². The summed E-state index contributed by atoms with van der Waals surface area (Å²) < 4.78 is 0. The Balaban J connectivity index is 2.64. The molecule has 7 nitrogen and oxygen atoms in total. The van der Waals surface area contributed by atoms with Gasteiger partial charge in [0.2, 0.25) is 0 Å². The highest BCUT2D eigenvalue weighted by Crippen LogP contribution is 2.23. The predicted molar refractivity (Wildman–Crippen MR) is 80.7 cm³/mol. The second-order valence-corrected chi connectivity index (χ2v) is 4.85. The molecule has 0 bridgehead atoms. The zero-order valence-corrected chi connectivity index (χ0v) is 12.0. The summed E-state index contributed by atoms with van der Waals surface area (Å²) in [7, 11) is 3.72. The van der Waals surface area contributed by atoms with Crippen molar-refractivity contribution in [3.8, 4) is 11.3 Å². The average molecular weight is 302 g/mol. The van der Waals surface area contributed by atoms with Crippen molar-refractivity contribution in [3.63, 3.8) is 0 Å². The number of anilines is 1. The summed E-state index contributed by atoms with van der Waals surface area (Å²) >= 11 is 0.